The van der Waals surface area contributed by atoms with Gasteiger partial charge in [0.15, 0.2) is 5.11 Å². The Hall–Kier alpha value is -1.98. The highest BCUT2D eigenvalue weighted by molar-refractivity contribution is 7.80. The van der Waals surface area contributed by atoms with Gasteiger partial charge in [-0.25, -0.2) is 4.39 Å². The van der Waals surface area contributed by atoms with Gasteiger partial charge < -0.3 is 10.6 Å². The number of para-hydroxylation sites is 1. The van der Waals surface area contributed by atoms with Crippen molar-refractivity contribution in [3.05, 3.63) is 65.5 Å². The van der Waals surface area contributed by atoms with E-state index >= 15 is 0 Å². The van der Waals surface area contributed by atoms with Crippen LogP contribution in [-0.4, -0.2) is 28.1 Å². The number of fused-ring (bicyclic) bond motifs is 2. The lowest BCUT2D eigenvalue weighted by Crippen LogP contribution is -2.50. The van der Waals surface area contributed by atoms with Gasteiger partial charge in [-0.05, 0) is 74.2 Å². The first-order valence-corrected chi connectivity index (χ1v) is 10.1. The topological polar surface area (TPSA) is 27.3 Å². The molecule has 0 spiro atoms. The molecule has 2 saturated heterocycles. The van der Waals surface area contributed by atoms with E-state index in [9.17, 15) is 4.39 Å². The predicted octanol–water partition coefficient (Wildman–Crippen LogP) is 4.62. The molecule has 2 aromatic carbocycles. The molecule has 2 fully saturated rings. The van der Waals surface area contributed by atoms with Gasteiger partial charge >= 0.3 is 0 Å². The number of piperidine rings is 1. The molecule has 2 heterocycles. The second kappa shape index (κ2) is 7.95. The largest absolute Gasteiger partial charge is 0.360 e. The standard InChI is InChI=1S/C22H26FN3S/c1-15-4-2-3-5-21(15)25-22(27)24-18-12-19-10-11-20(13-18)26(19)14-16-6-8-17(23)9-7-16/h2-9,18-20H,10-14H2,1H3,(H2,24,25,27). The normalized spacial score (nSPS) is 24.6. The van der Waals surface area contributed by atoms with Crippen LogP contribution >= 0.6 is 12.2 Å². The number of nitrogens with one attached hydrogen (secondary N) is 2. The summed E-state index contributed by atoms with van der Waals surface area (Å²) in [6.07, 6.45) is 4.69. The molecule has 142 valence electrons. The van der Waals surface area contributed by atoms with E-state index < -0.39 is 0 Å². The summed E-state index contributed by atoms with van der Waals surface area (Å²) in [6.45, 7) is 2.99. The van der Waals surface area contributed by atoms with E-state index in [-0.39, 0.29) is 5.82 Å². The number of hydrogen-bond donors (Lipinski definition) is 2. The minimum Gasteiger partial charge on any atom is -0.360 e. The van der Waals surface area contributed by atoms with Crippen molar-refractivity contribution in [1.29, 1.82) is 0 Å². The quantitative estimate of drug-likeness (QED) is 0.754. The van der Waals surface area contributed by atoms with Crippen molar-refractivity contribution in [1.82, 2.24) is 10.2 Å². The van der Waals surface area contributed by atoms with Crippen LogP contribution in [0.1, 0.15) is 36.8 Å². The number of anilines is 1. The summed E-state index contributed by atoms with van der Waals surface area (Å²) in [6, 6.07) is 16.7. The first-order chi connectivity index (χ1) is 13.1. The maximum atomic E-state index is 13.1. The van der Waals surface area contributed by atoms with Crippen LogP contribution in [0.3, 0.4) is 0 Å². The molecule has 4 rings (SSSR count). The molecule has 0 radical (unpaired) electrons. The van der Waals surface area contributed by atoms with Gasteiger partial charge in [0.2, 0.25) is 0 Å². The van der Waals surface area contributed by atoms with Crippen molar-refractivity contribution in [2.75, 3.05) is 5.32 Å². The van der Waals surface area contributed by atoms with Gasteiger partial charge in [0.05, 0.1) is 0 Å². The number of benzene rings is 2. The molecule has 2 unspecified atom stereocenters. The van der Waals surface area contributed by atoms with E-state index in [1.165, 1.54) is 24.0 Å². The second-order valence-electron chi connectivity index (χ2n) is 7.77. The molecule has 2 aromatic rings. The summed E-state index contributed by atoms with van der Waals surface area (Å²) in [5.74, 6) is -0.167. The molecule has 0 aromatic heterocycles. The van der Waals surface area contributed by atoms with Crippen LogP contribution in [-0.2, 0) is 6.54 Å². The first-order valence-electron chi connectivity index (χ1n) is 9.72. The molecule has 2 aliphatic rings. The maximum Gasteiger partial charge on any atom is 0.171 e. The number of nitrogens with zero attached hydrogens (tertiary/aromatic N) is 1. The van der Waals surface area contributed by atoms with Crippen LogP contribution in [0, 0.1) is 12.7 Å². The van der Waals surface area contributed by atoms with Crippen LogP contribution < -0.4 is 10.6 Å². The van der Waals surface area contributed by atoms with Crippen molar-refractivity contribution < 1.29 is 4.39 Å². The minimum absolute atomic E-state index is 0.167. The molecule has 27 heavy (non-hydrogen) atoms. The van der Waals surface area contributed by atoms with Crippen molar-refractivity contribution in [2.24, 2.45) is 0 Å². The molecule has 0 saturated carbocycles. The first kappa shape index (κ1) is 18.4. The van der Waals surface area contributed by atoms with Crippen LogP contribution in [0.15, 0.2) is 48.5 Å². The number of halogens is 1. The summed E-state index contributed by atoms with van der Waals surface area (Å²) >= 11 is 5.55. The van der Waals surface area contributed by atoms with Crippen LogP contribution in [0.25, 0.3) is 0 Å². The van der Waals surface area contributed by atoms with Crippen molar-refractivity contribution >= 4 is 23.0 Å². The van der Waals surface area contributed by atoms with Gasteiger partial charge in [-0.15, -0.1) is 0 Å². The summed E-state index contributed by atoms with van der Waals surface area (Å²) in [7, 11) is 0. The Morgan fingerprint density at radius 2 is 1.74 bits per heavy atom. The van der Waals surface area contributed by atoms with Crippen LogP contribution in [0.2, 0.25) is 0 Å². The fourth-order valence-electron chi connectivity index (χ4n) is 4.51. The third kappa shape index (κ3) is 4.30. The van der Waals surface area contributed by atoms with E-state index in [4.69, 9.17) is 12.2 Å². The van der Waals surface area contributed by atoms with E-state index in [1.54, 1.807) is 12.1 Å². The fourth-order valence-corrected chi connectivity index (χ4v) is 4.78. The Kier molecular flexibility index (Phi) is 5.41. The monoisotopic (exact) mass is 383 g/mol. The average molecular weight is 384 g/mol. The zero-order chi connectivity index (χ0) is 18.8. The highest BCUT2D eigenvalue weighted by Crippen LogP contribution is 2.37. The van der Waals surface area contributed by atoms with Crippen molar-refractivity contribution in [3.63, 3.8) is 0 Å². The highest BCUT2D eigenvalue weighted by Gasteiger charge is 2.40. The summed E-state index contributed by atoms with van der Waals surface area (Å²) < 4.78 is 13.1. The lowest BCUT2D eigenvalue weighted by molar-refractivity contribution is 0.115. The van der Waals surface area contributed by atoms with Gasteiger partial charge in [-0.2, -0.15) is 0 Å². The maximum absolute atomic E-state index is 13.1. The lowest BCUT2D eigenvalue weighted by atomic mass is 9.96. The zero-order valence-electron chi connectivity index (χ0n) is 15.6. The Morgan fingerprint density at radius 3 is 2.41 bits per heavy atom. The SMILES string of the molecule is Cc1ccccc1NC(=S)NC1CC2CCC(C1)N2Cc1ccc(F)cc1. The molecule has 2 aliphatic heterocycles. The minimum atomic E-state index is -0.167. The van der Waals surface area contributed by atoms with E-state index in [2.05, 4.69) is 34.6 Å². The van der Waals surface area contributed by atoms with Crippen molar-refractivity contribution in [2.45, 2.75) is 57.3 Å². The molecule has 3 nitrogen and oxygen atoms in total. The van der Waals surface area contributed by atoms with Gasteiger partial charge in [0, 0.05) is 30.4 Å². The Balaban J connectivity index is 1.33. The van der Waals surface area contributed by atoms with Gasteiger partial charge in [0.1, 0.15) is 5.82 Å². The number of hydrogen-bond acceptors (Lipinski definition) is 2. The van der Waals surface area contributed by atoms with Crippen LogP contribution in [0.4, 0.5) is 10.1 Å². The van der Waals surface area contributed by atoms with Gasteiger partial charge in [0.25, 0.3) is 0 Å². The third-order valence-electron chi connectivity index (χ3n) is 5.89. The highest BCUT2D eigenvalue weighted by atomic mass is 32.1. The van der Waals surface area contributed by atoms with E-state index in [1.807, 2.05) is 24.3 Å². The Bertz CT molecular complexity index is 793. The number of aryl methyl sites for hydroxylation is 1. The molecule has 2 bridgehead atoms. The van der Waals surface area contributed by atoms with Crippen molar-refractivity contribution in [3.8, 4) is 0 Å². The van der Waals surface area contributed by atoms with E-state index in [0.29, 0.717) is 23.2 Å². The second-order valence-corrected chi connectivity index (χ2v) is 8.17. The summed E-state index contributed by atoms with van der Waals surface area (Å²) in [5, 5.41) is 7.58. The molecular formula is C22H26FN3S. The Morgan fingerprint density at radius 1 is 1.07 bits per heavy atom. The van der Waals surface area contributed by atoms with Gasteiger partial charge in [-0.3, -0.25) is 4.90 Å². The zero-order valence-corrected chi connectivity index (χ0v) is 16.4. The third-order valence-corrected chi connectivity index (χ3v) is 6.11. The average Bonchev–Trinajstić information content (AvgIpc) is 2.87. The van der Waals surface area contributed by atoms with Crippen LogP contribution in [0.5, 0.6) is 0 Å². The van der Waals surface area contributed by atoms with Gasteiger partial charge in [-0.1, -0.05) is 30.3 Å². The number of rotatable bonds is 4. The Labute approximate surface area is 166 Å². The summed E-state index contributed by atoms with van der Waals surface area (Å²) in [4.78, 5) is 2.60. The predicted molar refractivity (Wildman–Crippen MR) is 112 cm³/mol. The summed E-state index contributed by atoms with van der Waals surface area (Å²) in [5.41, 5.74) is 3.44. The molecule has 2 atom stereocenters. The smallest absolute Gasteiger partial charge is 0.171 e. The van der Waals surface area contributed by atoms with E-state index in [0.717, 1.165) is 25.1 Å². The fraction of sp³-hybridized carbons (Fsp3) is 0.409. The lowest BCUT2D eigenvalue weighted by Gasteiger charge is -2.39. The molecular weight excluding hydrogens is 357 g/mol. The molecule has 2 N–H and O–H groups in total. The number of thiocarbonyl (C=S) groups is 1. The molecule has 0 amide bonds. The molecule has 0 aliphatic carbocycles. The molecule has 5 heteroatoms.